The average molecular weight is 296 g/mol. The van der Waals surface area contributed by atoms with E-state index in [1.165, 1.54) is 6.07 Å². The molecule has 72 valence electrons. The van der Waals surface area contributed by atoms with Crippen molar-refractivity contribution in [3.05, 3.63) is 32.9 Å². The van der Waals surface area contributed by atoms with Crippen LogP contribution >= 0.6 is 22.6 Å². The van der Waals surface area contributed by atoms with Crippen LogP contribution in [0.3, 0.4) is 0 Å². The van der Waals surface area contributed by atoms with Crippen molar-refractivity contribution < 1.29 is 8.78 Å². The van der Waals surface area contributed by atoms with Crippen molar-refractivity contribution in [1.29, 1.82) is 0 Å². The molecule has 0 aliphatic rings. The van der Waals surface area contributed by atoms with E-state index in [2.05, 4.69) is 22.6 Å². The van der Waals surface area contributed by atoms with Gasteiger partial charge in [0, 0.05) is 9.13 Å². The van der Waals surface area contributed by atoms with Gasteiger partial charge >= 0.3 is 0 Å². The largest absolute Gasteiger partial charge is 0.264 e. The van der Waals surface area contributed by atoms with Gasteiger partial charge in [-0.1, -0.05) is 26.0 Å². The molecule has 0 heterocycles. The molecular weight excluding hydrogens is 285 g/mol. The number of rotatable bonds is 2. The summed E-state index contributed by atoms with van der Waals surface area (Å²) in [6.07, 6.45) is -2.37. The zero-order valence-electron chi connectivity index (χ0n) is 7.52. The Hall–Kier alpha value is -0.190. The smallest absolute Gasteiger partial charge is 0.205 e. The van der Waals surface area contributed by atoms with Crippen molar-refractivity contribution in [3.63, 3.8) is 0 Å². The Labute approximate surface area is 90.5 Å². The molecule has 13 heavy (non-hydrogen) atoms. The number of hydrogen-bond donors (Lipinski definition) is 0. The highest BCUT2D eigenvalue weighted by Crippen LogP contribution is 2.31. The van der Waals surface area contributed by atoms with E-state index in [0.29, 0.717) is 0 Å². The maximum Gasteiger partial charge on any atom is 0.264 e. The second kappa shape index (κ2) is 4.35. The summed E-state index contributed by atoms with van der Waals surface area (Å²) in [7, 11) is 0. The molecule has 0 N–H and O–H groups in total. The molecule has 0 aliphatic heterocycles. The maximum absolute atomic E-state index is 12.6. The first kappa shape index (κ1) is 10.9. The fraction of sp³-hybridized carbons (Fsp3) is 0.400. The highest BCUT2D eigenvalue weighted by Gasteiger charge is 2.16. The Morgan fingerprint density at radius 1 is 1.23 bits per heavy atom. The summed E-state index contributed by atoms with van der Waals surface area (Å²) in [5, 5.41) is 0. The highest BCUT2D eigenvalue weighted by molar-refractivity contribution is 14.1. The third-order valence-corrected chi connectivity index (χ3v) is 2.84. The number of hydrogen-bond acceptors (Lipinski definition) is 0. The molecule has 0 atom stereocenters. The van der Waals surface area contributed by atoms with E-state index < -0.39 is 6.43 Å². The van der Waals surface area contributed by atoms with E-state index in [0.717, 1.165) is 9.13 Å². The van der Waals surface area contributed by atoms with E-state index in [4.69, 9.17) is 0 Å². The minimum atomic E-state index is -2.37. The Morgan fingerprint density at radius 3 is 2.23 bits per heavy atom. The lowest BCUT2D eigenvalue weighted by molar-refractivity contribution is 0.150. The predicted octanol–water partition coefficient (Wildman–Crippen LogP) is 4.35. The molecule has 0 saturated carbocycles. The lowest BCUT2D eigenvalue weighted by Gasteiger charge is -2.13. The van der Waals surface area contributed by atoms with Crippen LogP contribution in [0.2, 0.25) is 0 Å². The van der Waals surface area contributed by atoms with Crippen molar-refractivity contribution in [1.82, 2.24) is 0 Å². The van der Waals surface area contributed by atoms with E-state index in [1.807, 2.05) is 19.9 Å². The first-order chi connectivity index (χ1) is 6.04. The zero-order chi connectivity index (χ0) is 10.0. The number of benzene rings is 1. The van der Waals surface area contributed by atoms with Gasteiger partial charge in [0.25, 0.3) is 6.43 Å². The van der Waals surface area contributed by atoms with E-state index in [-0.39, 0.29) is 11.5 Å². The molecule has 0 amide bonds. The normalized spacial score (nSPS) is 11.3. The van der Waals surface area contributed by atoms with Crippen LogP contribution in [0.5, 0.6) is 0 Å². The average Bonchev–Trinajstić information content (AvgIpc) is 2.02. The fourth-order valence-electron chi connectivity index (χ4n) is 1.35. The Bertz CT molecular complexity index is 295. The second-order valence-corrected chi connectivity index (χ2v) is 4.36. The third kappa shape index (κ3) is 2.39. The van der Waals surface area contributed by atoms with Crippen LogP contribution < -0.4 is 0 Å². The molecule has 0 radical (unpaired) electrons. The molecule has 1 rings (SSSR count). The minimum Gasteiger partial charge on any atom is -0.205 e. The van der Waals surface area contributed by atoms with Crippen molar-refractivity contribution in [2.24, 2.45) is 0 Å². The summed E-state index contributed by atoms with van der Waals surface area (Å²) in [4.78, 5) is 0. The maximum atomic E-state index is 12.6. The van der Waals surface area contributed by atoms with Crippen LogP contribution in [0.25, 0.3) is 0 Å². The summed E-state index contributed by atoms with van der Waals surface area (Å²) < 4.78 is 26.1. The van der Waals surface area contributed by atoms with E-state index >= 15 is 0 Å². The van der Waals surface area contributed by atoms with Crippen LogP contribution in [0, 0.1) is 3.57 Å². The molecule has 1 aromatic rings. The van der Waals surface area contributed by atoms with Crippen LogP contribution in [0.1, 0.15) is 37.3 Å². The fourth-order valence-corrected chi connectivity index (χ4v) is 2.49. The van der Waals surface area contributed by atoms with Gasteiger partial charge in [-0.25, -0.2) is 8.78 Å². The molecule has 0 aromatic heterocycles. The third-order valence-electron chi connectivity index (χ3n) is 1.90. The Kier molecular flexibility index (Phi) is 3.64. The van der Waals surface area contributed by atoms with E-state index in [9.17, 15) is 8.78 Å². The monoisotopic (exact) mass is 296 g/mol. The van der Waals surface area contributed by atoms with Gasteiger partial charge in [-0.05, 0) is 40.1 Å². The molecule has 0 aliphatic carbocycles. The number of halogens is 3. The zero-order valence-corrected chi connectivity index (χ0v) is 9.68. The highest BCUT2D eigenvalue weighted by atomic mass is 127. The summed E-state index contributed by atoms with van der Waals surface area (Å²) in [6, 6.07) is 5.04. The van der Waals surface area contributed by atoms with Gasteiger partial charge in [-0.3, -0.25) is 0 Å². The van der Waals surface area contributed by atoms with Crippen LogP contribution in [0.15, 0.2) is 18.2 Å². The first-order valence-electron chi connectivity index (χ1n) is 4.10. The lowest BCUT2D eigenvalue weighted by atomic mass is 9.98. The van der Waals surface area contributed by atoms with Crippen LogP contribution in [-0.4, -0.2) is 0 Å². The van der Waals surface area contributed by atoms with Gasteiger partial charge in [0.1, 0.15) is 0 Å². The number of alkyl halides is 2. The topological polar surface area (TPSA) is 0 Å². The minimum absolute atomic E-state index is 0.150. The molecule has 0 nitrogen and oxygen atoms in total. The molecule has 0 unspecified atom stereocenters. The first-order valence-corrected chi connectivity index (χ1v) is 5.18. The Morgan fingerprint density at radius 2 is 1.85 bits per heavy atom. The molecular formula is C10H11F2I. The van der Waals surface area contributed by atoms with Gasteiger partial charge < -0.3 is 0 Å². The van der Waals surface area contributed by atoms with Crippen molar-refractivity contribution in [2.75, 3.05) is 0 Å². The van der Waals surface area contributed by atoms with Crippen LogP contribution in [0.4, 0.5) is 8.78 Å². The standard InChI is InChI=1S/C10H11F2I/c1-6(2)9-7(10(11)12)4-3-5-8(9)13/h3-6,10H,1-2H3. The summed E-state index contributed by atoms with van der Waals surface area (Å²) >= 11 is 2.10. The SMILES string of the molecule is CC(C)c1c(I)cccc1C(F)F. The molecule has 0 spiro atoms. The molecule has 3 heteroatoms. The summed E-state index contributed by atoms with van der Waals surface area (Å²) in [6.45, 7) is 3.87. The van der Waals surface area contributed by atoms with Gasteiger partial charge in [-0.2, -0.15) is 0 Å². The molecule has 0 fully saturated rings. The Balaban J connectivity index is 3.26. The van der Waals surface area contributed by atoms with Gasteiger partial charge in [-0.15, -0.1) is 0 Å². The second-order valence-electron chi connectivity index (χ2n) is 3.20. The quantitative estimate of drug-likeness (QED) is 0.712. The van der Waals surface area contributed by atoms with Gasteiger partial charge in [0.2, 0.25) is 0 Å². The van der Waals surface area contributed by atoms with Gasteiger partial charge in [0.15, 0.2) is 0 Å². The predicted molar refractivity (Wildman–Crippen MR) is 58.2 cm³/mol. The van der Waals surface area contributed by atoms with Crippen LogP contribution in [-0.2, 0) is 0 Å². The summed E-state index contributed by atoms with van der Waals surface area (Å²) in [5.41, 5.74) is 0.944. The summed E-state index contributed by atoms with van der Waals surface area (Å²) in [5.74, 6) is 0.150. The lowest BCUT2D eigenvalue weighted by Crippen LogP contribution is -1.99. The molecule has 0 saturated heterocycles. The van der Waals surface area contributed by atoms with Crippen molar-refractivity contribution in [2.45, 2.75) is 26.2 Å². The van der Waals surface area contributed by atoms with Gasteiger partial charge in [0.05, 0.1) is 0 Å². The van der Waals surface area contributed by atoms with E-state index in [1.54, 1.807) is 6.07 Å². The molecule has 0 bridgehead atoms. The van der Waals surface area contributed by atoms with Crippen molar-refractivity contribution in [3.8, 4) is 0 Å². The van der Waals surface area contributed by atoms with Crippen molar-refractivity contribution >= 4 is 22.6 Å². The molecule has 1 aromatic carbocycles.